The van der Waals surface area contributed by atoms with Crippen molar-refractivity contribution in [1.29, 1.82) is 0 Å². The Hall–Kier alpha value is -2.74. The molecule has 0 fully saturated rings. The Bertz CT molecular complexity index is 1140. The summed E-state index contributed by atoms with van der Waals surface area (Å²) in [7, 11) is 0. The molecule has 5 rings (SSSR count). The molecule has 0 saturated carbocycles. The highest BCUT2D eigenvalue weighted by molar-refractivity contribution is 6.17. The average Bonchev–Trinajstić information content (AvgIpc) is 3.02. The molecule has 0 aliphatic rings. The molecule has 2 aromatic heterocycles. The maximum atomic E-state index is 3.52. The van der Waals surface area contributed by atoms with Gasteiger partial charge in [-0.05, 0) is 37.3 Å². The smallest absolute Gasteiger partial charge is 0.0486 e. The molecule has 0 radical (unpaired) electrons. The van der Waals surface area contributed by atoms with Gasteiger partial charge in [0.15, 0.2) is 0 Å². The van der Waals surface area contributed by atoms with Crippen LogP contribution in [0.4, 0.5) is 0 Å². The van der Waals surface area contributed by atoms with Gasteiger partial charge >= 0.3 is 0 Å². The number of rotatable bonds is 0. The van der Waals surface area contributed by atoms with Crippen molar-refractivity contribution < 1.29 is 0 Å². The quantitative estimate of drug-likeness (QED) is 0.384. The fourth-order valence-electron chi connectivity index (χ4n) is 3.36. The van der Waals surface area contributed by atoms with Gasteiger partial charge < -0.3 is 9.97 Å². The van der Waals surface area contributed by atoms with Crippen molar-refractivity contribution in [1.82, 2.24) is 9.97 Å². The van der Waals surface area contributed by atoms with Gasteiger partial charge in [-0.2, -0.15) is 0 Å². The molecule has 2 heterocycles. The Morgan fingerprint density at radius 3 is 2.10 bits per heavy atom. The van der Waals surface area contributed by atoms with Gasteiger partial charge in [0, 0.05) is 43.6 Å². The minimum atomic E-state index is 1.19. The lowest BCUT2D eigenvalue weighted by atomic mass is 10.1. The molecule has 0 unspecified atom stereocenters. The van der Waals surface area contributed by atoms with Crippen molar-refractivity contribution in [3.8, 4) is 0 Å². The van der Waals surface area contributed by atoms with Gasteiger partial charge in [-0.25, -0.2) is 0 Å². The van der Waals surface area contributed by atoms with E-state index in [1.54, 1.807) is 0 Å². The van der Waals surface area contributed by atoms with Crippen LogP contribution in [0.25, 0.3) is 43.6 Å². The number of para-hydroxylation sites is 1. The third-order valence-corrected chi connectivity index (χ3v) is 4.38. The molecule has 0 atom stereocenters. The summed E-state index contributed by atoms with van der Waals surface area (Å²) in [6, 6.07) is 19.6. The molecular formula is C19H14N2. The van der Waals surface area contributed by atoms with Crippen LogP contribution in [0.5, 0.6) is 0 Å². The van der Waals surface area contributed by atoms with Crippen LogP contribution in [-0.4, -0.2) is 9.97 Å². The number of hydrogen-bond acceptors (Lipinski definition) is 0. The predicted octanol–water partition coefficient (Wildman–Crippen LogP) is 5.26. The molecule has 2 nitrogen and oxygen atoms in total. The number of nitrogens with one attached hydrogen (secondary N) is 2. The number of benzene rings is 3. The molecule has 5 aromatic rings. The van der Waals surface area contributed by atoms with E-state index in [1.165, 1.54) is 49.2 Å². The lowest BCUT2D eigenvalue weighted by molar-refractivity contribution is 1.48. The van der Waals surface area contributed by atoms with Crippen LogP contribution in [0.1, 0.15) is 5.56 Å². The zero-order valence-electron chi connectivity index (χ0n) is 11.7. The topological polar surface area (TPSA) is 31.6 Å². The monoisotopic (exact) mass is 270 g/mol. The highest BCUT2D eigenvalue weighted by Crippen LogP contribution is 2.33. The average molecular weight is 270 g/mol. The summed E-state index contributed by atoms with van der Waals surface area (Å²) in [6.45, 7) is 2.14. The summed E-state index contributed by atoms with van der Waals surface area (Å²) < 4.78 is 0. The van der Waals surface area contributed by atoms with Crippen molar-refractivity contribution in [2.45, 2.75) is 6.92 Å². The number of aryl methyl sites for hydroxylation is 1. The fourth-order valence-corrected chi connectivity index (χ4v) is 3.36. The van der Waals surface area contributed by atoms with Crippen LogP contribution < -0.4 is 0 Å². The predicted molar refractivity (Wildman–Crippen MR) is 89.9 cm³/mol. The summed E-state index contributed by atoms with van der Waals surface area (Å²) in [5.74, 6) is 0. The van der Waals surface area contributed by atoms with Crippen molar-refractivity contribution in [2.75, 3.05) is 0 Å². The molecule has 100 valence electrons. The number of H-pyrrole nitrogens is 2. The standard InChI is InChI=1S/C19H14N2/c1-11-6-7-17-13(8-11)15-9-14-12-4-2-3-5-16(12)20-18(14)10-19(15)21-17/h2-10,20-21H,1H3. The van der Waals surface area contributed by atoms with Gasteiger partial charge in [0.05, 0.1) is 0 Å². The second-order valence-corrected chi connectivity index (χ2v) is 5.79. The van der Waals surface area contributed by atoms with E-state index in [0.717, 1.165) is 0 Å². The minimum absolute atomic E-state index is 1.19. The third kappa shape index (κ3) is 1.42. The summed E-state index contributed by atoms with van der Waals surface area (Å²) in [4.78, 5) is 7.03. The second-order valence-electron chi connectivity index (χ2n) is 5.79. The normalized spacial score (nSPS) is 12.0. The van der Waals surface area contributed by atoms with Crippen LogP contribution in [0.15, 0.2) is 54.6 Å². The van der Waals surface area contributed by atoms with Crippen molar-refractivity contribution >= 4 is 43.6 Å². The van der Waals surface area contributed by atoms with Gasteiger partial charge in [-0.15, -0.1) is 0 Å². The van der Waals surface area contributed by atoms with E-state index >= 15 is 0 Å². The number of aromatic nitrogens is 2. The minimum Gasteiger partial charge on any atom is -0.354 e. The highest BCUT2D eigenvalue weighted by Gasteiger charge is 2.09. The zero-order valence-corrected chi connectivity index (χ0v) is 11.7. The second kappa shape index (κ2) is 3.67. The maximum Gasteiger partial charge on any atom is 0.0486 e. The molecule has 0 aliphatic carbocycles. The molecule has 0 amide bonds. The number of fused-ring (bicyclic) bond motifs is 6. The first-order valence-corrected chi connectivity index (χ1v) is 7.22. The highest BCUT2D eigenvalue weighted by atomic mass is 14.7. The van der Waals surface area contributed by atoms with E-state index in [0.29, 0.717) is 0 Å². The van der Waals surface area contributed by atoms with Crippen molar-refractivity contribution in [3.63, 3.8) is 0 Å². The Labute approximate surface area is 121 Å². The Balaban J connectivity index is 2.03. The van der Waals surface area contributed by atoms with Crippen LogP contribution in [0.2, 0.25) is 0 Å². The summed E-state index contributed by atoms with van der Waals surface area (Å²) in [5.41, 5.74) is 6.07. The molecule has 0 spiro atoms. The molecule has 0 bridgehead atoms. The van der Waals surface area contributed by atoms with Crippen molar-refractivity contribution in [3.05, 3.63) is 60.2 Å². The van der Waals surface area contributed by atoms with Gasteiger partial charge in [-0.3, -0.25) is 0 Å². The van der Waals surface area contributed by atoms with E-state index in [4.69, 9.17) is 0 Å². The lowest BCUT2D eigenvalue weighted by Crippen LogP contribution is -1.71. The Morgan fingerprint density at radius 2 is 1.24 bits per heavy atom. The Morgan fingerprint density at radius 1 is 0.571 bits per heavy atom. The Kier molecular flexibility index (Phi) is 1.92. The molecular weight excluding hydrogens is 256 g/mol. The van der Waals surface area contributed by atoms with Crippen LogP contribution in [0, 0.1) is 6.92 Å². The van der Waals surface area contributed by atoms with Gasteiger partial charge in [0.25, 0.3) is 0 Å². The zero-order chi connectivity index (χ0) is 14.0. The van der Waals surface area contributed by atoms with E-state index in [9.17, 15) is 0 Å². The van der Waals surface area contributed by atoms with Crippen LogP contribution >= 0.6 is 0 Å². The fraction of sp³-hybridized carbons (Fsp3) is 0.0526. The number of hydrogen-bond donors (Lipinski definition) is 2. The summed E-state index contributed by atoms with van der Waals surface area (Å²) in [6.07, 6.45) is 0. The first-order chi connectivity index (χ1) is 10.3. The molecule has 0 saturated heterocycles. The molecule has 0 aliphatic heterocycles. The molecule has 3 aromatic carbocycles. The van der Waals surface area contributed by atoms with E-state index in [2.05, 4.69) is 71.5 Å². The van der Waals surface area contributed by atoms with E-state index < -0.39 is 0 Å². The van der Waals surface area contributed by atoms with E-state index in [-0.39, 0.29) is 0 Å². The lowest BCUT2D eigenvalue weighted by Gasteiger charge is -1.95. The van der Waals surface area contributed by atoms with Gasteiger partial charge in [0.2, 0.25) is 0 Å². The van der Waals surface area contributed by atoms with Crippen molar-refractivity contribution in [2.24, 2.45) is 0 Å². The van der Waals surface area contributed by atoms with Gasteiger partial charge in [0.1, 0.15) is 0 Å². The molecule has 2 N–H and O–H groups in total. The van der Waals surface area contributed by atoms with Gasteiger partial charge in [-0.1, -0.05) is 29.8 Å². The van der Waals surface area contributed by atoms with Crippen LogP contribution in [0.3, 0.4) is 0 Å². The third-order valence-electron chi connectivity index (χ3n) is 4.38. The summed E-state index contributed by atoms with van der Waals surface area (Å²) in [5, 5.41) is 5.18. The van der Waals surface area contributed by atoms with E-state index in [1.807, 2.05) is 0 Å². The summed E-state index contributed by atoms with van der Waals surface area (Å²) >= 11 is 0. The SMILES string of the molecule is Cc1ccc2[nH]c3cc4[nH]c5ccccc5c4cc3c2c1. The first kappa shape index (κ1) is 11.0. The maximum absolute atomic E-state index is 3.52. The molecule has 21 heavy (non-hydrogen) atoms. The first-order valence-electron chi connectivity index (χ1n) is 7.22. The largest absolute Gasteiger partial charge is 0.354 e. The number of aromatic amines is 2. The molecule has 2 heteroatoms. The van der Waals surface area contributed by atoms with Crippen LogP contribution in [-0.2, 0) is 0 Å².